The molecule has 0 N–H and O–H groups in total. The van der Waals surface area contributed by atoms with Gasteiger partial charge in [-0.15, -0.1) is 11.6 Å². The molecular weight excluding hydrogens is 293 g/mol. The van der Waals surface area contributed by atoms with Gasteiger partial charge >= 0.3 is 0 Å². The second-order valence-electron chi connectivity index (χ2n) is 3.63. The fourth-order valence-corrected chi connectivity index (χ4v) is 1.95. The molecule has 1 heterocycles. The monoisotopic (exact) mass is 301 g/mol. The number of pyridine rings is 1. The molecule has 0 bridgehead atoms. The quantitative estimate of drug-likeness (QED) is 0.763. The fourth-order valence-electron chi connectivity index (χ4n) is 1.38. The Hall–Kier alpha value is -0.960. The van der Waals surface area contributed by atoms with Crippen LogP contribution >= 0.6 is 34.8 Å². The molecule has 2 nitrogen and oxygen atoms in total. The highest BCUT2D eigenvalue weighted by molar-refractivity contribution is 6.32. The molecule has 94 valence electrons. The number of rotatable bonds is 4. The molecule has 0 aliphatic carbocycles. The summed E-state index contributed by atoms with van der Waals surface area (Å²) in [6.07, 6.45) is 0. The van der Waals surface area contributed by atoms with E-state index in [1.807, 2.05) is 24.3 Å². The second-order valence-corrected chi connectivity index (χ2v) is 4.74. The highest BCUT2D eigenvalue weighted by atomic mass is 35.5. The first-order chi connectivity index (χ1) is 8.69. The first kappa shape index (κ1) is 13.5. The highest BCUT2D eigenvalue weighted by Gasteiger charge is 2.04. The summed E-state index contributed by atoms with van der Waals surface area (Å²) in [5.41, 5.74) is 1.63. The van der Waals surface area contributed by atoms with Gasteiger partial charge in [-0.25, -0.2) is 4.98 Å². The van der Waals surface area contributed by atoms with Crippen molar-refractivity contribution >= 4 is 34.8 Å². The van der Waals surface area contributed by atoms with E-state index < -0.39 is 0 Å². The fraction of sp³-hybridized carbons (Fsp3) is 0.154. The van der Waals surface area contributed by atoms with Crippen molar-refractivity contribution in [2.45, 2.75) is 12.5 Å². The number of ether oxygens (including phenoxy) is 1. The maximum absolute atomic E-state index is 5.91. The number of halogens is 3. The van der Waals surface area contributed by atoms with Crippen LogP contribution in [0.5, 0.6) is 5.88 Å². The number of alkyl halides is 1. The molecule has 0 fully saturated rings. The van der Waals surface area contributed by atoms with Crippen molar-refractivity contribution < 1.29 is 4.74 Å². The van der Waals surface area contributed by atoms with Crippen molar-refractivity contribution in [3.63, 3.8) is 0 Å². The summed E-state index contributed by atoms with van der Waals surface area (Å²) < 4.78 is 5.56. The smallest absolute Gasteiger partial charge is 0.213 e. The third kappa shape index (κ3) is 3.52. The maximum atomic E-state index is 5.91. The largest absolute Gasteiger partial charge is 0.473 e. The minimum Gasteiger partial charge on any atom is -0.473 e. The molecule has 1 aromatic carbocycles. The lowest BCUT2D eigenvalue weighted by Crippen LogP contribution is -1.98. The van der Waals surface area contributed by atoms with Crippen LogP contribution in [-0.2, 0) is 12.5 Å². The summed E-state index contributed by atoms with van der Waals surface area (Å²) in [5.74, 6) is 0.766. The molecule has 0 spiro atoms. The van der Waals surface area contributed by atoms with Crippen molar-refractivity contribution in [1.29, 1.82) is 0 Å². The molecule has 2 aromatic rings. The maximum Gasteiger partial charge on any atom is 0.213 e. The van der Waals surface area contributed by atoms with Gasteiger partial charge in [0.1, 0.15) is 6.61 Å². The number of hydrogen-bond acceptors (Lipinski definition) is 2. The van der Waals surface area contributed by atoms with Gasteiger partial charge in [-0.05, 0) is 23.8 Å². The molecule has 0 radical (unpaired) electrons. The van der Waals surface area contributed by atoms with Crippen molar-refractivity contribution in [1.82, 2.24) is 4.98 Å². The van der Waals surface area contributed by atoms with Crippen LogP contribution in [0.2, 0.25) is 10.0 Å². The average molecular weight is 303 g/mol. The normalized spacial score (nSPS) is 10.4. The summed E-state index contributed by atoms with van der Waals surface area (Å²) in [6.45, 7) is 0.424. The van der Waals surface area contributed by atoms with Gasteiger partial charge < -0.3 is 4.74 Å². The van der Waals surface area contributed by atoms with Crippen LogP contribution in [0.1, 0.15) is 11.3 Å². The highest BCUT2D eigenvalue weighted by Crippen LogP contribution is 2.20. The molecule has 0 amide bonds. The molecule has 1 aromatic heterocycles. The molecule has 18 heavy (non-hydrogen) atoms. The summed E-state index contributed by atoms with van der Waals surface area (Å²) in [6, 6.07) is 10.9. The van der Waals surface area contributed by atoms with Crippen LogP contribution in [0.25, 0.3) is 0 Å². The van der Waals surface area contributed by atoms with E-state index in [0.717, 1.165) is 5.56 Å². The summed E-state index contributed by atoms with van der Waals surface area (Å²) in [7, 11) is 0. The van der Waals surface area contributed by atoms with Crippen LogP contribution in [0.3, 0.4) is 0 Å². The zero-order valence-corrected chi connectivity index (χ0v) is 11.6. The lowest BCUT2D eigenvalue weighted by Gasteiger charge is -2.07. The Kier molecular flexibility index (Phi) is 4.70. The van der Waals surface area contributed by atoms with Crippen LogP contribution in [0.15, 0.2) is 36.4 Å². The number of benzene rings is 1. The Morgan fingerprint density at radius 1 is 1.00 bits per heavy atom. The van der Waals surface area contributed by atoms with E-state index >= 15 is 0 Å². The van der Waals surface area contributed by atoms with Crippen LogP contribution in [0.4, 0.5) is 0 Å². The Labute approximate surface area is 120 Å². The first-order valence-corrected chi connectivity index (χ1v) is 6.56. The van der Waals surface area contributed by atoms with Crippen molar-refractivity contribution in [3.05, 3.63) is 57.7 Å². The van der Waals surface area contributed by atoms with E-state index in [1.54, 1.807) is 12.1 Å². The number of nitrogens with zero attached hydrogens (tertiary/aromatic N) is 1. The van der Waals surface area contributed by atoms with Crippen molar-refractivity contribution in [2.75, 3.05) is 0 Å². The molecule has 0 saturated heterocycles. The lowest BCUT2D eigenvalue weighted by molar-refractivity contribution is 0.293. The Morgan fingerprint density at radius 2 is 1.72 bits per heavy atom. The molecular formula is C13H10Cl3NO. The van der Waals surface area contributed by atoms with Crippen molar-refractivity contribution in [2.24, 2.45) is 0 Å². The first-order valence-electron chi connectivity index (χ1n) is 5.27. The minimum atomic E-state index is 0.261. The topological polar surface area (TPSA) is 22.1 Å². The summed E-state index contributed by atoms with van der Waals surface area (Å²) >= 11 is 17.4. The SMILES string of the molecule is ClCc1nc(OCc2ccc(Cl)cc2)ccc1Cl. The van der Waals surface area contributed by atoms with E-state index in [0.29, 0.717) is 28.2 Å². The van der Waals surface area contributed by atoms with Gasteiger partial charge in [-0.3, -0.25) is 0 Å². The van der Waals surface area contributed by atoms with Gasteiger partial charge in [-0.2, -0.15) is 0 Å². The van der Waals surface area contributed by atoms with E-state index in [4.69, 9.17) is 39.5 Å². The third-order valence-corrected chi connectivity index (χ3v) is 3.17. The molecule has 0 aliphatic rings. The van der Waals surface area contributed by atoms with Crippen LogP contribution < -0.4 is 4.74 Å². The molecule has 0 aliphatic heterocycles. The second kappa shape index (κ2) is 6.28. The predicted molar refractivity (Wildman–Crippen MR) is 74.6 cm³/mol. The average Bonchev–Trinajstić information content (AvgIpc) is 2.39. The molecule has 0 unspecified atom stereocenters. The number of hydrogen-bond donors (Lipinski definition) is 0. The van der Waals surface area contributed by atoms with Gasteiger partial charge in [0.15, 0.2) is 0 Å². The Balaban J connectivity index is 2.04. The van der Waals surface area contributed by atoms with Gasteiger partial charge in [0.25, 0.3) is 0 Å². The lowest BCUT2D eigenvalue weighted by atomic mass is 10.2. The molecule has 2 rings (SSSR count). The van der Waals surface area contributed by atoms with Gasteiger partial charge in [0, 0.05) is 11.1 Å². The summed E-state index contributed by atoms with van der Waals surface area (Å²) in [5, 5.41) is 1.25. The van der Waals surface area contributed by atoms with Gasteiger partial charge in [0.2, 0.25) is 5.88 Å². The van der Waals surface area contributed by atoms with E-state index in [1.165, 1.54) is 0 Å². The van der Waals surface area contributed by atoms with Gasteiger partial charge in [0.05, 0.1) is 16.6 Å². The van der Waals surface area contributed by atoms with Gasteiger partial charge in [-0.1, -0.05) is 35.3 Å². The Morgan fingerprint density at radius 3 is 2.39 bits per heavy atom. The molecule has 0 saturated carbocycles. The zero-order chi connectivity index (χ0) is 13.0. The summed E-state index contributed by atoms with van der Waals surface area (Å²) in [4.78, 5) is 4.21. The van der Waals surface area contributed by atoms with E-state index in [2.05, 4.69) is 4.98 Å². The van der Waals surface area contributed by atoms with E-state index in [9.17, 15) is 0 Å². The third-order valence-electron chi connectivity index (χ3n) is 2.32. The predicted octanol–water partition coefficient (Wildman–Crippen LogP) is 4.71. The molecule has 0 atom stereocenters. The Bertz CT molecular complexity index is 528. The minimum absolute atomic E-state index is 0.261. The molecule has 5 heteroatoms. The van der Waals surface area contributed by atoms with Crippen LogP contribution in [0, 0.1) is 0 Å². The number of aromatic nitrogens is 1. The zero-order valence-electron chi connectivity index (χ0n) is 9.37. The van der Waals surface area contributed by atoms with Crippen LogP contribution in [-0.4, -0.2) is 4.98 Å². The van der Waals surface area contributed by atoms with E-state index in [-0.39, 0.29) is 5.88 Å². The standard InChI is InChI=1S/C13H10Cl3NO/c14-7-12-11(16)5-6-13(17-12)18-8-9-1-3-10(15)4-2-9/h1-6H,7-8H2. The van der Waals surface area contributed by atoms with Crippen molar-refractivity contribution in [3.8, 4) is 5.88 Å².